The predicted molar refractivity (Wildman–Crippen MR) is 114 cm³/mol. The van der Waals surface area contributed by atoms with Crippen molar-refractivity contribution < 1.29 is 9.66 Å². The number of para-hydroxylation sites is 1. The van der Waals surface area contributed by atoms with Crippen LogP contribution in [0.2, 0.25) is 0 Å². The first-order valence-electron chi connectivity index (χ1n) is 9.31. The molecular formula is C23H18N4O3. The SMILES string of the molecule is O=[N+]([O-])c1c(NC(c2ccccc2)c2ccccc2)ncnc1Oc1ccccc1. The molecule has 0 amide bonds. The van der Waals surface area contributed by atoms with Gasteiger partial charge in [-0.2, -0.15) is 4.98 Å². The van der Waals surface area contributed by atoms with Gasteiger partial charge < -0.3 is 10.1 Å². The van der Waals surface area contributed by atoms with Gasteiger partial charge in [0.05, 0.1) is 11.0 Å². The van der Waals surface area contributed by atoms with Gasteiger partial charge in [0.2, 0.25) is 5.82 Å². The van der Waals surface area contributed by atoms with Crippen molar-refractivity contribution in [3.8, 4) is 11.6 Å². The summed E-state index contributed by atoms with van der Waals surface area (Å²) in [5.41, 5.74) is 1.57. The van der Waals surface area contributed by atoms with E-state index >= 15 is 0 Å². The Kier molecular flexibility index (Phi) is 5.61. The molecule has 0 atom stereocenters. The lowest BCUT2D eigenvalue weighted by Gasteiger charge is -2.20. The Morgan fingerprint density at radius 3 is 1.87 bits per heavy atom. The van der Waals surface area contributed by atoms with Crippen LogP contribution in [-0.2, 0) is 0 Å². The molecular weight excluding hydrogens is 380 g/mol. The maximum Gasteiger partial charge on any atom is 0.373 e. The summed E-state index contributed by atoms with van der Waals surface area (Å²) in [6, 6.07) is 27.8. The van der Waals surface area contributed by atoms with Crippen LogP contribution in [-0.4, -0.2) is 14.9 Å². The highest BCUT2D eigenvalue weighted by Gasteiger charge is 2.27. The smallest absolute Gasteiger partial charge is 0.373 e. The molecule has 1 N–H and O–H groups in total. The minimum absolute atomic E-state index is 0.0821. The monoisotopic (exact) mass is 398 g/mol. The van der Waals surface area contributed by atoms with Crippen LogP contribution in [0.5, 0.6) is 11.6 Å². The zero-order valence-corrected chi connectivity index (χ0v) is 15.9. The second kappa shape index (κ2) is 8.83. The molecule has 0 fully saturated rings. The third-order valence-corrected chi connectivity index (χ3v) is 4.48. The van der Waals surface area contributed by atoms with Gasteiger partial charge >= 0.3 is 11.6 Å². The first-order valence-corrected chi connectivity index (χ1v) is 9.31. The summed E-state index contributed by atoms with van der Waals surface area (Å²) in [7, 11) is 0. The zero-order valence-electron chi connectivity index (χ0n) is 15.9. The first-order chi connectivity index (χ1) is 14.7. The fraction of sp³-hybridized carbons (Fsp3) is 0.0435. The molecule has 0 saturated carbocycles. The minimum atomic E-state index is -0.534. The normalized spacial score (nSPS) is 10.6. The minimum Gasteiger partial charge on any atom is -0.434 e. The molecule has 0 saturated heterocycles. The van der Waals surface area contributed by atoms with E-state index in [9.17, 15) is 10.1 Å². The van der Waals surface area contributed by atoms with E-state index in [2.05, 4.69) is 15.3 Å². The van der Waals surface area contributed by atoms with Gasteiger partial charge in [-0.05, 0) is 23.3 Å². The Balaban J connectivity index is 1.75. The molecule has 0 aliphatic rings. The summed E-state index contributed by atoms with van der Waals surface area (Å²) in [5, 5.41) is 15.1. The first kappa shape index (κ1) is 19.1. The molecule has 0 aliphatic carbocycles. The summed E-state index contributed by atoms with van der Waals surface area (Å²) in [6.07, 6.45) is 1.25. The molecule has 0 unspecified atom stereocenters. The lowest BCUT2D eigenvalue weighted by atomic mass is 9.99. The summed E-state index contributed by atoms with van der Waals surface area (Å²) < 4.78 is 5.67. The molecule has 3 aromatic carbocycles. The standard InChI is InChI=1S/C23H18N4O3/c28-27(29)21-22(24-16-25-23(21)30-19-14-8-3-9-15-19)26-20(17-10-4-1-5-11-17)18-12-6-2-7-13-18/h1-16,20H,(H,24,25,26). The van der Waals surface area contributed by atoms with Crippen molar-refractivity contribution in [1.29, 1.82) is 0 Å². The van der Waals surface area contributed by atoms with Crippen molar-refractivity contribution in [3.05, 3.63) is 119 Å². The fourth-order valence-electron chi connectivity index (χ4n) is 3.09. The molecule has 1 aromatic heterocycles. The number of nitro groups is 1. The largest absolute Gasteiger partial charge is 0.434 e. The molecule has 0 radical (unpaired) electrons. The molecule has 7 heteroatoms. The van der Waals surface area contributed by atoms with Crippen molar-refractivity contribution in [1.82, 2.24) is 9.97 Å². The Labute approximate surface area is 173 Å². The van der Waals surface area contributed by atoms with Gasteiger partial charge in [0.1, 0.15) is 12.1 Å². The van der Waals surface area contributed by atoms with E-state index in [1.54, 1.807) is 24.3 Å². The number of hydrogen-bond donors (Lipinski definition) is 1. The Hall–Kier alpha value is -4.26. The summed E-state index contributed by atoms with van der Waals surface area (Å²) in [6.45, 7) is 0. The second-order valence-corrected chi connectivity index (χ2v) is 6.45. The van der Waals surface area contributed by atoms with E-state index in [4.69, 9.17) is 4.74 Å². The Morgan fingerprint density at radius 1 is 0.800 bits per heavy atom. The van der Waals surface area contributed by atoms with Crippen molar-refractivity contribution in [2.45, 2.75) is 6.04 Å². The van der Waals surface area contributed by atoms with Gasteiger partial charge in [-0.3, -0.25) is 10.1 Å². The molecule has 1 heterocycles. The highest BCUT2D eigenvalue weighted by molar-refractivity contribution is 5.63. The van der Waals surface area contributed by atoms with Crippen molar-refractivity contribution >= 4 is 11.5 Å². The third-order valence-electron chi connectivity index (χ3n) is 4.48. The molecule has 0 aliphatic heterocycles. The van der Waals surface area contributed by atoms with Crippen molar-refractivity contribution in [2.75, 3.05) is 5.32 Å². The predicted octanol–water partition coefficient (Wildman–Crippen LogP) is 5.38. The number of rotatable bonds is 7. The molecule has 4 aromatic rings. The van der Waals surface area contributed by atoms with Gasteiger partial charge in [0, 0.05) is 0 Å². The molecule has 0 bridgehead atoms. The summed E-state index contributed by atoms with van der Waals surface area (Å²) >= 11 is 0. The van der Waals surface area contributed by atoms with Gasteiger partial charge in [0.15, 0.2) is 0 Å². The number of benzene rings is 3. The van der Waals surface area contributed by atoms with E-state index in [-0.39, 0.29) is 23.4 Å². The average molecular weight is 398 g/mol. The number of hydrogen-bond acceptors (Lipinski definition) is 6. The zero-order chi connectivity index (χ0) is 20.8. The van der Waals surface area contributed by atoms with Crippen LogP contribution in [0.4, 0.5) is 11.5 Å². The van der Waals surface area contributed by atoms with Crippen molar-refractivity contribution in [2.24, 2.45) is 0 Å². The van der Waals surface area contributed by atoms with Crippen LogP contribution in [0.25, 0.3) is 0 Å². The topological polar surface area (TPSA) is 90.2 Å². The number of nitrogens with zero attached hydrogens (tertiary/aromatic N) is 3. The third kappa shape index (κ3) is 4.25. The van der Waals surface area contributed by atoms with E-state index in [1.165, 1.54) is 6.33 Å². The molecule has 4 rings (SSSR count). The van der Waals surface area contributed by atoms with E-state index in [0.717, 1.165) is 11.1 Å². The quantitative estimate of drug-likeness (QED) is 0.332. The van der Waals surface area contributed by atoms with Crippen molar-refractivity contribution in [3.63, 3.8) is 0 Å². The number of anilines is 1. The Bertz CT molecular complexity index is 1080. The summed E-state index contributed by atoms with van der Waals surface area (Å²) in [4.78, 5) is 19.5. The lowest BCUT2D eigenvalue weighted by molar-refractivity contribution is -0.385. The molecule has 148 valence electrons. The van der Waals surface area contributed by atoms with E-state index in [1.807, 2.05) is 66.7 Å². The Morgan fingerprint density at radius 2 is 1.33 bits per heavy atom. The molecule has 0 spiro atoms. The maximum atomic E-state index is 11.9. The van der Waals surface area contributed by atoms with Gasteiger partial charge in [-0.15, -0.1) is 0 Å². The summed E-state index contributed by atoms with van der Waals surface area (Å²) in [5.74, 6) is 0.412. The number of ether oxygens (including phenoxy) is 1. The number of aromatic nitrogens is 2. The number of nitrogens with one attached hydrogen (secondary N) is 1. The van der Waals surface area contributed by atoms with Gasteiger partial charge in [0.25, 0.3) is 0 Å². The maximum absolute atomic E-state index is 11.9. The van der Waals surface area contributed by atoms with Crippen LogP contribution in [0.3, 0.4) is 0 Å². The van der Waals surface area contributed by atoms with Crippen LogP contribution in [0.1, 0.15) is 17.2 Å². The molecule has 30 heavy (non-hydrogen) atoms. The van der Waals surface area contributed by atoms with Crippen LogP contribution < -0.4 is 10.1 Å². The lowest BCUT2D eigenvalue weighted by Crippen LogP contribution is -2.15. The van der Waals surface area contributed by atoms with Crippen LogP contribution in [0, 0.1) is 10.1 Å². The second-order valence-electron chi connectivity index (χ2n) is 6.45. The molecule has 7 nitrogen and oxygen atoms in total. The fourth-order valence-corrected chi connectivity index (χ4v) is 3.09. The highest BCUT2D eigenvalue weighted by atomic mass is 16.6. The van der Waals surface area contributed by atoms with E-state index in [0.29, 0.717) is 5.75 Å². The van der Waals surface area contributed by atoms with E-state index < -0.39 is 4.92 Å². The average Bonchev–Trinajstić information content (AvgIpc) is 2.79. The van der Waals surface area contributed by atoms with Gasteiger partial charge in [-0.1, -0.05) is 78.9 Å². The van der Waals surface area contributed by atoms with Crippen LogP contribution >= 0.6 is 0 Å². The highest BCUT2D eigenvalue weighted by Crippen LogP contribution is 2.36. The van der Waals surface area contributed by atoms with Gasteiger partial charge in [-0.25, -0.2) is 4.98 Å². The van der Waals surface area contributed by atoms with Crippen LogP contribution in [0.15, 0.2) is 97.3 Å².